The van der Waals surface area contributed by atoms with Gasteiger partial charge in [0.2, 0.25) is 5.91 Å². The van der Waals surface area contributed by atoms with Gasteiger partial charge in [0.1, 0.15) is 0 Å². The number of likely N-dealkylation sites (tertiary alicyclic amines) is 1. The first kappa shape index (κ1) is 20.0. The molecule has 3 amide bonds. The van der Waals surface area contributed by atoms with Gasteiger partial charge in [-0.1, -0.05) is 13.8 Å². The van der Waals surface area contributed by atoms with Gasteiger partial charge in [0, 0.05) is 38.7 Å². The summed E-state index contributed by atoms with van der Waals surface area (Å²) in [4.78, 5) is 26.1. The van der Waals surface area contributed by atoms with Crippen molar-refractivity contribution in [2.24, 2.45) is 11.8 Å². The molecule has 0 aromatic rings. The summed E-state index contributed by atoms with van der Waals surface area (Å²) in [6.07, 6.45) is 4.21. The van der Waals surface area contributed by atoms with Crippen molar-refractivity contribution < 1.29 is 14.3 Å². The Morgan fingerprint density at radius 1 is 1.20 bits per heavy atom. The maximum absolute atomic E-state index is 12.1. The third-order valence-corrected chi connectivity index (χ3v) is 5.15. The van der Waals surface area contributed by atoms with Gasteiger partial charge in [-0.15, -0.1) is 0 Å². The summed E-state index contributed by atoms with van der Waals surface area (Å²) in [5.74, 6) is 1.02. The fraction of sp³-hybridized carbons (Fsp3) is 0.895. The van der Waals surface area contributed by atoms with Crippen molar-refractivity contribution >= 4 is 11.9 Å². The van der Waals surface area contributed by atoms with Crippen molar-refractivity contribution in [2.45, 2.75) is 71.4 Å². The molecule has 0 bridgehead atoms. The Morgan fingerprint density at radius 2 is 1.88 bits per heavy atom. The van der Waals surface area contributed by atoms with Crippen LogP contribution in [0, 0.1) is 11.8 Å². The molecule has 6 nitrogen and oxygen atoms in total. The molecule has 144 valence electrons. The molecule has 2 aliphatic heterocycles. The lowest BCUT2D eigenvalue weighted by Gasteiger charge is -2.46. The van der Waals surface area contributed by atoms with Crippen molar-refractivity contribution in [1.29, 1.82) is 0 Å². The van der Waals surface area contributed by atoms with Crippen LogP contribution < -0.4 is 10.6 Å². The van der Waals surface area contributed by atoms with Crippen LogP contribution in [0.5, 0.6) is 0 Å². The van der Waals surface area contributed by atoms with E-state index < -0.39 is 0 Å². The van der Waals surface area contributed by atoms with Crippen LogP contribution in [0.15, 0.2) is 0 Å². The van der Waals surface area contributed by atoms with Gasteiger partial charge in [-0.2, -0.15) is 0 Å². The highest BCUT2D eigenvalue weighted by Gasteiger charge is 2.41. The molecule has 0 aromatic carbocycles. The Kier molecular flexibility index (Phi) is 7.11. The number of ether oxygens (including phenoxy) is 1. The second kappa shape index (κ2) is 8.88. The van der Waals surface area contributed by atoms with Crippen LogP contribution in [0.1, 0.15) is 59.8 Å². The second-order valence-corrected chi connectivity index (χ2v) is 8.38. The molecule has 6 heteroatoms. The smallest absolute Gasteiger partial charge is 0.317 e. The fourth-order valence-electron chi connectivity index (χ4n) is 3.76. The van der Waals surface area contributed by atoms with E-state index in [4.69, 9.17) is 4.74 Å². The lowest BCUT2D eigenvalue weighted by atomic mass is 9.78. The first-order chi connectivity index (χ1) is 11.8. The second-order valence-electron chi connectivity index (χ2n) is 8.38. The zero-order valence-electron chi connectivity index (χ0n) is 16.3. The van der Waals surface area contributed by atoms with E-state index in [9.17, 15) is 9.59 Å². The van der Waals surface area contributed by atoms with Gasteiger partial charge in [0.05, 0.1) is 5.60 Å². The monoisotopic (exact) mass is 353 g/mol. The van der Waals surface area contributed by atoms with E-state index >= 15 is 0 Å². The number of hydrogen-bond donors (Lipinski definition) is 2. The molecule has 2 heterocycles. The minimum absolute atomic E-state index is 0.0188. The predicted molar refractivity (Wildman–Crippen MR) is 98.3 cm³/mol. The lowest BCUT2D eigenvalue weighted by Crippen LogP contribution is -2.53. The molecule has 2 aliphatic rings. The van der Waals surface area contributed by atoms with Gasteiger partial charge in [-0.25, -0.2) is 4.79 Å². The first-order valence-electron chi connectivity index (χ1n) is 9.76. The number of nitrogens with zero attached hydrogens (tertiary/aromatic N) is 1. The van der Waals surface area contributed by atoms with Crippen LogP contribution in [0.4, 0.5) is 4.79 Å². The summed E-state index contributed by atoms with van der Waals surface area (Å²) >= 11 is 0. The normalized spacial score (nSPS) is 23.1. The molecular formula is C19H35N3O3. The maximum atomic E-state index is 12.1. The molecule has 1 unspecified atom stereocenters. The van der Waals surface area contributed by atoms with Crippen molar-refractivity contribution in [3.8, 4) is 0 Å². The summed E-state index contributed by atoms with van der Waals surface area (Å²) < 4.78 is 6.14. The number of piperidine rings is 1. The Hall–Kier alpha value is -1.30. The van der Waals surface area contributed by atoms with Gasteiger partial charge in [-0.3, -0.25) is 4.79 Å². The van der Waals surface area contributed by atoms with E-state index in [1.54, 1.807) is 0 Å². The molecule has 0 radical (unpaired) electrons. The number of urea groups is 1. The minimum atomic E-state index is -0.143. The SMILES string of the molecule is CC(C)CNC(=O)CC1CCOC2(CCN(C(=O)NC(C)C)CC2)C1. The van der Waals surface area contributed by atoms with E-state index in [1.165, 1.54) is 0 Å². The summed E-state index contributed by atoms with van der Waals surface area (Å²) in [7, 11) is 0. The lowest BCUT2D eigenvalue weighted by molar-refractivity contribution is -0.134. The molecule has 25 heavy (non-hydrogen) atoms. The largest absolute Gasteiger partial charge is 0.375 e. The van der Waals surface area contributed by atoms with Crippen molar-refractivity contribution in [3.63, 3.8) is 0 Å². The van der Waals surface area contributed by atoms with Gasteiger partial charge in [-0.05, 0) is 51.4 Å². The fourth-order valence-corrected chi connectivity index (χ4v) is 3.76. The van der Waals surface area contributed by atoms with Gasteiger partial charge < -0.3 is 20.3 Å². The maximum Gasteiger partial charge on any atom is 0.317 e. The summed E-state index contributed by atoms with van der Waals surface area (Å²) in [5.41, 5.74) is -0.143. The Bertz CT molecular complexity index is 457. The Morgan fingerprint density at radius 3 is 2.48 bits per heavy atom. The highest BCUT2D eigenvalue weighted by molar-refractivity contribution is 5.76. The van der Waals surface area contributed by atoms with Crippen molar-refractivity contribution in [2.75, 3.05) is 26.2 Å². The van der Waals surface area contributed by atoms with Crippen molar-refractivity contribution in [3.05, 3.63) is 0 Å². The molecule has 0 aromatic heterocycles. The molecular weight excluding hydrogens is 318 g/mol. The third kappa shape index (κ3) is 6.17. The van der Waals surface area contributed by atoms with Crippen LogP contribution >= 0.6 is 0 Å². The van der Waals surface area contributed by atoms with E-state index in [0.717, 1.165) is 51.9 Å². The van der Waals surface area contributed by atoms with E-state index in [-0.39, 0.29) is 23.6 Å². The molecule has 1 spiro atoms. The molecule has 1 atom stereocenters. The Balaban J connectivity index is 1.81. The third-order valence-electron chi connectivity index (χ3n) is 5.15. The number of hydrogen-bond acceptors (Lipinski definition) is 3. The van der Waals surface area contributed by atoms with E-state index in [1.807, 2.05) is 18.7 Å². The zero-order chi connectivity index (χ0) is 18.4. The summed E-state index contributed by atoms with van der Waals surface area (Å²) in [5, 5.41) is 5.98. The van der Waals surface area contributed by atoms with Crippen LogP contribution in [0.3, 0.4) is 0 Å². The quantitative estimate of drug-likeness (QED) is 0.798. The van der Waals surface area contributed by atoms with Crippen LogP contribution in [0.25, 0.3) is 0 Å². The van der Waals surface area contributed by atoms with E-state index in [0.29, 0.717) is 18.3 Å². The number of nitrogens with one attached hydrogen (secondary N) is 2. The average Bonchev–Trinajstić information content (AvgIpc) is 2.53. The average molecular weight is 354 g/mol. The van der Waals surface area contributed by atoms with Crippen LogP contribution in [0.2, 0.25) is 0 Å². The van der Waals surface area contributed by atoms with Crippen molar-refractivity contribution in [1.82, 2.24) is 15.5 Å². The minimum Gasteiger partial charge on any atom is -0.375 e. The Labute approximate surface area is 152 Å². The molecule has 2 fully saturated rings. The van der Waals surface area contributed by atoms with Gasteiger partial charge in [0.15, 0.2) is 0 Å². The number of carbonyl (C=O) groups excluding carboxylic acids is 2. The van der Waals surface area contributed by atoms with Gasteiger partial charge >= 0.3 is 6.03 Å². The molecule has 0 saturated carbocycles. The molecule has 2 N–H and O–H groups in total. The highest BCUT2D eigenvalue weighted by Crippen LogP contribution is 2.38. The number of rotatable bonds is 5. The summed E-state index contributed by atoms with van der Waals surface area (Å²) in [6.45, 7) is 11.1. The summed E-state index contributed by atoms with van der Waals surface area (Å²) in [6, 6.07) is 0.174. The number of amides is 3. The molecule has 2 rings (SSSR count). The molecule has 0 aliphatic carbocycles. The molecule has 2 saturated heterocycles. The predicted octanol–water partition coefficient (Wildman–Crippen LogP) is 2.53. The number of carbonyl (C=O) groups is 2. The van der Waals surface area contributed by atoms with Gasteiger partial charge in [0.25, 0.3) is 0 Å². The van der Waals surface area contributed by atoms with Crippen LogP contribution in [-0.4, -0.2) is 54.7 Å². The topological polar surface area (TPSA) is 70.7 Å². The zero-order valence-corrected chi connectivity index (χ0v) is 16.3. The van der Waals surface area contributed by atoms with Crippen LogP contribution in [-0.2, 0) is 9.53 Å². The highest BCUT2D eigenvalue weighted by atomic mass is 16.5. The van der Waals surface area contributed by atoms with E-state index in [2.05, 4.69) is 24.5 Å². The standard InChI is InChI=1S/C19H35N3O3/c1-14(2)13-20-17(23)11-16-5-10-25-19(12-16)6-8-22(9-7-19)18(24)21-15(3)4/h14-16H,5-13H2,1-4H3,(H,20,23)(H,21,24). The first-order valence-corrected chi connectivity index (χ1v) is 9.76.